The minimum Gasteiger partial charge on any atom is -0.244 e. The fourth-order valence-corrected chi connectivity index (χ4v) is 5.08. The summed E-state index contributed by atoms with van der Waals surface area (Å²) in [5.74, 6) is 0.654. The Morgan fingerprint density at radius 2 is 1.88 bits per heavy atom. The van der Waals surface area contributed by atoms with E-state index < -0.39 is 0 Å². The summed E-state index contributed by atoms with van der Waals surface area (Å²) in [6.45, 7) is 0. The number of aromatic nitrogens is 5. The van der Waals surface area contributed by atoms with Crippen molar-refractivity contribution >= 4 is 38.1 Å². The number of nitrogens with zero attached hydrogens (tertiary/aromatic N) is 5. The van der Waals surface area contributed by atoms with Gasteiger partial charge in [0.15, 0.2) is 5.65 Å². The Morgan fingerprint density at radius 1 is 0.962 bits per heavy atom. The van der Waals surface area contributed by atoms with Gasteiger partial charge in [-0.2, -0.15) is 0 Å². The third-order valence-corrected chi connectivity index (χ3v) is 6.32. The molecule has 0 N–H and O–H groups in total. The quantitative estimate of drug-likeness (QED) is 0.445. The first-order valence-corrected chi connectivity index (χ1v) is 9.70. The summed E-state index contributed by atoms with van der Waals surface area (Å²) in [4.78, 5) is 16.8. The Morgan fingerprint density at radius 3 is 2.88 bits per heavy atom. The monoisotopic (exact) mass is 357 g/mol. The molecule has 4 aromatic heterocycles. The molecule has 5 nitrogen and oxygen atoms in total. The van der Waals surface area contributed by atoms with E-state index in [4.69, 9.17) is 9.97 Å². The van der Waals surface area contributed by atoms with Crippen LogP contribution in [0.25, 0.3) is 38.3 Å². The zero-order valence-corrected chi connectivity index (χ0v) is 14.8. The minimum atomic E-state index is 0.654. The Hall–Kier alpha value is -2.86. The SMILES string of the molecule is c1ccc2nc(-c3nc4c5c6c(sc5ncn4n3)CCCC6)ccc2c1. The van der Waals surface area contributed by atoms with E-state index in [1.807, 2.05) is 35.6 Å². The predicted molar refractivity (Wildman–Crippen MR) is 104 cm³/mol. The van der Waals surface area contributed by atoms with E-state index in [9.17, 15) is 0 Å². The molecule has 0 radical (unpaired) electrons. The van der Waals surface area contributed by atoms with E-state index >= 15 is 0 Å². The largest absolute Gasteiger partial charge is 0.244 e. The Labute approximate surface area is 153 Å². The summed E-state index contributed by atoms with van der Waals surface area (Å²) in [6, 6.07) is 12.2. The molecule has 0 bridgehead atoms. The molecule has 4 heterocycles. The second kappa shape index (κ2) is 5.32. The van der Waals surface area contributed by atoms with Crippen molar-refractivity contribution in [1.29, 1.82) is 0 Å². The van der Waals surface area contributed by atoms with Gasteiger partial charge >= 0.3 is 0 Å². The van der Waals surface area contributed by atoms with E-state index in [-0.39, 0.29) is 0 Å². The molecule has 0 spiro atoms. The molecular formula is C20H15N5S. The van der Waals surface area contributed by atoms with Gasteiger partial charge in [0.2, 0.25) is 5.82 Å². The standard InChI is InChI=1S/C20H15N5S/c1-3-7-14-12(5-1)9-10-15(22-14)18-23-19-17-13-6-2-4-8-16(13)26-20(17)21-11-25(19)24-18/h1,3,5,7,9-11H,2,4,6,8H2. The van der Waals surface area contributed by atoms with Crippen LogP contribution >= 0.6 is 11.3 Å². The van der Waals surface area contributed by atoms with Crippen LogP contribution in [0.1, 0.15) is 23.3 Å². The molecular weight excluding hydrogens is 342 g/mol. The van der Waals surface area contributed by atoms with Crippen molar-refractivity contribution in [2.24, 2.45) is 0 Å². The molecule has 1 aliphatic rings. The van der Waals surface area contributed by atoms with E-state index in [1.54, 1.807) is 10.8 Å². The van der Waals surface area contributed by atoms with Crippen LogP contribution in [0.15, 0.2) is 42.7 Å². The molecule has 6 rings (SSSR count). The van der Waals surface area contributed by atoms with Crippen molar-refractivity contribution < 1.29 is 0 Å². The van der Waals surface area contributed by atoms with Gasteiger partial charge in [0, 0.05) is 10.3 Å². The summed E-state index contributed by atoms with van der Waals surface area (Å²) in [6.07, 6.45) is 6.57. The normalized spacial score (nSPS) is 14.3. The molecule has 6 heteroatoms. The number of thiophene rings is 1. The zero-order chi connectivity index (χ0) is 17.1. The highest BCUT2D eigenvalue weighted by Crippen LogP contribution is 2.37. The van der Waals surface area contributed by atoms with Crippen molar-refractivity contribution in [3.8, 4) is 11.5 Å². The lowest BCUT2D eigenvalue weighted by molar-refractivity contribution is 0.700. The van der Waals surface area contributed by atoms with E-state index in [2.05, 4.69) is 22.2 Å². The molecule has 26 heavy (non-hydrogen) atoms. The van der Waals surface area contributed by atoms with Crippen LogP contribution in [0, 0.1) is 0 Å². The number of rotatable bonds is 1. The number of hydrogen-bond donors (Lipinski definition) is 0. The first-order chi connectivity index (χ1) is 12.9. The molecule has 0 fully saturated rings. The Balaban J connectivity index is 1.60. The van der Waals surface area contributed by atoms with Crippen molar-refractivity contribution in [1.82, 2.24) is 24.6 Å². The van der Waals surface area contributed by atoms with Crippen LogP contribution in [0.4, 0.5) is 0 Å². The van der Waals surface area contributed by atoms with Crippen molar-refractivity contribution in [3.63, 3.8) is 0 Å². The highest BCUT2D eigenvalue weighted by atomic mass is 32.1. The maximum atomic E-state index is 4.85. The number of benzene rings is 1. The van der Waals surface area contributed by atoms with Crippen LogP contribution in [-0.2, 0) is 12.8 Å². The lowest BCUT2D eigenvalue weighted by Gasteiger charge is -2.09. The van der Waals surface area contributed by atoms with Gasteiger partial charge in [0.05, 0.1) is 10.9 Å². The minimum absolute atomic E-state index is 0.654. The van der Waals surface area contributed by atoms with Gasteiger partial charge in [-0.3, -0.25) is 0 Å². The van der Waals surface area contributed by atoms with Crippen LogP contribution in [-0.4, -0.2) is 24.6 Å². The zero-order valence-electron chi connectivity index (χ0n) is 14.0. The van der Waals surface area contributed by atoms with E-state index in [0.717, 1.165) is 39.9 Å². The summed E-state index contributed by atoms with van der Waals surface area (Å²) >= 11 is 1.81. The molecule has 126 valence electrons. The Kier molecular flexibility index (Phi) is 2.93. The summed E-state index contributed by atoms with van der Waals surface area (Å²) in [7, 11) is 0. The van der Waals surface area contributed by atoms with Gasteiger partial charge in [0.1, 0.15) is 16.9 Å². The molecule has 0 atom stereocenters. The predicted octanol–water partition coefficient (Wildman–Crippen LogP) is 4.43. The molecule has 1 aliphatic carbocycles. The maximum Gasteiger partial charge on any atom is 0.200 e. The number of pyridine rings is 1. The summed E-state index contributed by atoms with van der Waals surface area (Å²) < 4.78 is 1.80. The molecule has 1 aromatic carbocycles. The van der Waals surface area contributed by atoms with Crippen molar-refractivity contribution in [3.05, 3.63) is 53.2 Å². The summed E-state index contributed by atoms with van der Waals surface area (Å²) in [5.41, 5.74) is 4.09. The van der Waals surface area contributed by atoms with Crippen LogP contribution in [0.5, 0.6) is 0 Å². The number of para-hydroxylation sites is 1. The van der Waals surface area contributed by atoms with Crippen LogP contribution in [0.2, 0.25) is 0 Å². The first kappa shape index (κ1) is 14.3. The molecule has 0 saturated carbocycles. The topological polar surface area (TPSA) is 56.0 Å². The van der Waals surface area contributed by atoms with Gasteiger partial charge in [-0.05, 0) is 43.4 Å². The second-order valence-corrected chi connectivity index (χ2v) is 7.81. The fourth-order valence-electron chi connectivity index (χ4n) is 3.85. The highest BCUT2D eigenvalue weighted by Gasteiger charge is 2.21. The Bertz CT molecular complexity index is 1300. The maximum absolute atomic E-state index is 4.85. The molecule has 0 amide bonds. The van der Waals surface area contributed by atoms with Crippen molar-refractivity contribution in [2.75, 3.05) is 0 Å². The fraction of sp³-hybridized carbons (Fsp3) is 0.200. The van der Waals surface area contributed by atoms with Gasteiger partial charge < -0.3 is 0 Å². The first-order valence-electron chi connectivity index (χ1n) is 8.89. The molecule has 0 aliphatic heterocycles. The smallest absolute Gasteiger partial charge is 0.200 e. The lowest BCUT2D eigenvalue weighted by atomic mass is 9.97. The molecule has 5 aromatic rings. The number of aryl methyl sites for hydroxylation is 2. The van der Waals surface area contributed by atoms with Gasteiger partial charge in [-0.1, -0.05) is 24.3 Å². The molecule has 0 unspecified atom stereocenters. The highest BCUT2D eigenvalue weighted by molar-refractivity contribution is 7.19. The average molecular weight is 357 g/mol. The third kappa shape index (κ3) is 2.02. The van der Waals surface area contributed by atoms with Gasteiger partial charge in [0.25, 0.3) is 0 Å². The van der Waals surface area contributed by atoms with E-state index in [0.29, 0.717) is 5.82 Å². The number of fused-ring (bicyclic) bond motifs is 6. The third-order valence-electron chi connectivity index (χ3n) is 5.12. The van der Waals surface area contributed by atoms with E-state index in [1.165, 1.54) is 28.7 Å². The molecule has 0 saturated heterocycles. The van der Waals surface area contributed by atoms with Gasteiger partial charge in [-0.25, -0.2) is 19.5 Å². The lowest BCUT2D eigenvalue weighted by Crippen LogP contribution is -1.99. The summed E-state index contributed by atoms with van der Waals surface area (Å²) in [5, 5.41) is 6.96. The van der Waals surface area contributed by atoms with Gasteiger partial charge in [-0.15, -0.1) is 16.4 Å². The van der Waals surface area contributed by atoms with Crippen LogP contribution < -0.4 is 0 Å². The second-order valence-electron chi connectivity index (χ2n) is 6.73. The number of hydrogen-bond acceptors (Lipinski definition) is 5. The average Bonchev–Trinajstić information content (AvgIpc) is 3.28. The van der Waals surface area contributed by atoms with Crippen molar-refractivity contribution in [2.45, 2.75) is 25.7 Å². The van der Waals surface area contributed by atoms with Crippen LogP contribution in [0.3, 0.4) is 0 Å².